The van der Waals surface area contributed by atoms with Crippen molar-refractivity contribution in [1.82, 2.24) is 20.3 Å². The van der Waals surface area contributed by atoms with Crippen LogP contribution in [0.3, 0.4) is 0 Å². The molecule has 0 aliphatic carbocycles. The van der Waals surface area contributed by atoms with Gasteiger partial charge in [0.25, 0.3) is 0 Å². The van der Waals surface area contributed by atoms with Crippen LogP contribution < -0.4 is 25.4 Å². The van der Waals surface area contributed by atoms with Crippen LogP contribution in [0, 0.1) is 11.3 Å². The minimum absolute atomic E-state index is 0.0268. The topological polar surface area (TPSA) is 200 Å². The molecule has 17 heteroatoms. The molecule has 3 aliphatic rings. The predicted molar refractivity (Wildman–Crippen MR) is 194 cm³/mol. The minimum atomic E-state index is -4.22. The highest BCUT2D eigenvalue weighted by Gasteiger charge is 2.44. The standard InChI is InChI=1S/C37H52N4O12S/c1-4-48-35(44)39-20-33(43)38-16-9-8-15-37(2,3)23-41(54(46,47)26-12-13-30-31(19-26)52-24-51-30)21-29(42)28(18-25-10-6-5-7-11-25)40-36(45)53-32-22-50-34-27(32)14-17-49-34/h5-7,10-13,19,27-29,32,34,42H,4,8-9,14-18,20-24H2,1-3H3,(H,38,43)(H,39,44)(H,40,45)/t27-,28-,29+,32-,34+/m0/s1. The average molecular weight is 777 g/mol. The van der Waals surface area contributed by atoms with Crippen LogP contribution in [0.15, 0.2) is 53.4 Å². The van der Waals surface area contributed by atoms with E-state index in [1.165, 1.54) is 22.5 Å². The monoisotopic (exact) mass is 776 g/mol. The number of fused-ring (bicyclic) bond motifs is 2. The highest BCUT2D eigenvalue weighted by atomic mass is 32.2. The first-order chi connectivity index (χ1) is 25.8. The number of nitrogens with zero attached hydrogens (tertiary/aromatic N) is 1. The fraction of sp³-hybridized carbons (Fsp3) is 0.595. The van der Waals surface area contributed by atoms with Gasteiger partial charge in [-0.1, -0.05) is 50.6 Å². The summed E-state index contributed by atoms with van der Waals surface area (Å²) in [5, 5.41) is 19.8. The number of benzene rings is 2. The minimum Gasteiger partial charge on any atom is -0.454 e. The van der Waals surface area contributed by atoms with Crippen LogP contribution in [0.2, 0.25) is 0 Å². The molecule has 3 aliphatic heterocycles. The molecule has 4 N–H and O–H groups in total. The number of hydrogen-bond acceptors (Lipinski definition) is 12. The van der Waals surface area contributed by atoms with Gasteiger partial charge in [-0.3, -0.25) is 4.79 Å². The second-order valence-corrected chi connectivity index (χ2v) is 16.3. The first-order valence-electron chi connectivity index (χ1n) is 18.3. The molecule has 54 heavy (non-hydrogen) atoms. The fourth-order valence-corrected chi connectivity index (χ4v) is 8.36. The Morgan fingerprint density at radius 1 is 1.02 bits per heavy atom. The quantitative estimate of drug-likeness (QED) is 0.152. The number of carbonyl (C=O) groups is 3. The summed E-state index contributed by atoms with van der Waals surface area (Å²) in [7, 11) is -4.22. The summed E-state index contributed by atoms with van der Waals surface area (Å²) < 4.78 is 62.5. The summed E-state index contributed by atoms with van der Waals surface area (Å²) in [6.07, 6.45) is -0.934. The number of unbranched alkanes of at least 4 members (excludes halogenated alkanes) is 1. The Morgan fingerprint density at radius 3 is 2.57 bits per heavy atom. The zero-order valence-corrected chi connectivity index (χ0v) is 31.8. The number of sulfonamides is 1. The zero-order valence-electron chi connectivity index (χ0n) is 31.0. The Bertz CT molecular complexity index is 1680. The third kappa shape index (κ3) is 11.4. The van der Waals surface area contributed by atoms with Crippen LogP contribution in [0.5, 0.6) is 11.5 Å². The van der Waals surface area contributed by atoms with Crippen molar-refractivity contribution in [3.05, 3.63) is 54.1 Å². The van der Waals surface area contributed by atoms with E-state index in [-0.39, 0.29) is 62.8 Å². The van der Waals surface area contributed by atoms with Crippen LogP contribution in [0.4, 0.5) is 9.59 Å². The van der Waals surface area contributed by atoms with Crippen LogP contribution in [0.1, 0.15) is 52.0 Å². The molecule has 3 amide bonds. The molecule has 5 atom stereocenters. The Labute approximate surface area is 316 Å². The zero-order chi connectivity index (χ0) is 38.7. The summed E-state index contributed by atoms with van der Waals surface area (Å²) in [5.41, 5.74) is 0.243. The van der Waals surface area contributed by atoms with Crippen LogP contribution in [-0.4, -0.2) is 113 Å². The van der Waals surface area contributed by atoms with Gasteiger partial charge in [0.2, 0.25) is 22.7 Å². The second-order valence-electron chi connectivity index (χ2n) is 14.3. The van der Waals surface area contributed by atoms with Gasteiger partial charge in [-0.2, -0.15) is 4.31 Å². The molecule has 0 aromatic heterocycles. The molecule has 0 saturated carbocycles. The summed E-state index contributed by atoms with van der Waals surface area (Å²) in [5.74, 6) is 0.293. The van der Waals surface area contributed by atoms with Crippen molar-refractivity contribution < 1.29 is 56.3 Å². The van der Waals surface area contributed by atoms with E-state index in [0.717, 1.165) is 5.56 Å². The molecular formula is C37H52N4O12S. The third-order valence-corrected chi connectivity index (χ3v) is 11.4. The number of hydrogen-bond donors (Lipinski definition) is 4. The summed E-state index contributed by atoms with van der Waals surface area (Å²) in [4.78, 5) is 36.8. The van der Waals surface area contributed by atoms with E-state index in [4.69, 9.17) is 28.4 Å². The predicted octanol–water partition coefficient (Wildman–Crippen LogP) is 2.92. The highest BCUT2D eigenvalue weighted by molar-refractivity contribution is 7.89. The normalized spacial score (nSPS) is 20.2. The van der Waals surface area contributed by atoms with Crippen molar-refractivity contribution in [2.45, 2.75) is 82.3 Å². The maximum absolute atomic E-state index is 14.4. The molecule has 16 nitrogen and oxygen atoms in total. The lowest BCUT2D eigenvalue weighted by molar-refractivity contribution is -0.120. The van der Waals surface area contributed by atoms with Crippen molar-refractivity contribution in [1.29, 1.82) is 0 Å². The number of carbonyl (C=O) groups excluding carboxylic acids is 3. The number of rotatable bonds is 19. The van der Waals surface area contributed by atoms with Gasteiger partial charge in [0.05, 0.1) is 49.3 Å². The lowest BCUT2D eigenvalue weighted by Crippen LogP contribution is -2.52. The van der Waals surface area contributed by atoms with E-state index >= 15 is 0 Å². The van der Waals surface area contributed by atoms with E-state index in [2.05, 4.69) is 16.0 Å². The van der Waals surface area contributed by atoms with Gasteiger partial charge in [-0.05, 0) is 55.7 Å². The maximum atomic E-state index is 14.4. The Morgan fingerprint density at radius 2 is 1.80 bits per heavy atom. The van der Waals surface area contributed by atoms with Gasteiger partial charge in [0.15, 0.2) is 17.8 Å². The molecule has 0 spiro atoms. The number of alkyl carbamates (subject to hydrolysis) is 2. The van der Waals surface area contributed by atoms with Gasteiger partial charge in [0, 0.05) is 25.7 Å². The number of ether oxygens (including phenoxy) is 6. The van der Waals surface area contributed by atoms with Crippen LogP contribution in [-0.2, 0) is 40.2 Å². The van der Waals surface area contributed by atoms with Crippen molar-refractivity contribution in [2.75, 3.05) is 52.8 Å². The van der Waals surface area contributed by atoms with Crippen molar-refractivity contribution in [3.8, 4) is 11.5 Å². The smallest absolute Gasteiger partial charge is 0.407 e. The SMILES string of the molecule is CCOC(=O)NCC(=O)NCCCCC(C)(C)CN(C[C@@H](O)[C@H](Cc1ccccc1)NC(=O)O[C@H]1CO[C@H]2OCC[C@H]21)S(=O)(=O)c1ccc2c(c1)OCO2. The van der Waals surface area contributed by atoms with Gasteiger partial charge >= 0.3 is 12.2 Å². The van der Waals surface area contributed by atoms with Crippen molar-refractivity contribution in [2.24, 2.45) is 11.3 Å². The Balaban J connectivity index is 1.27. The fourth-order valence-electron chi connectivity index (χ4n) is 6.70. The first kappa shape index (κ1) is 41.0. The Hall–Kier alpha value is -4.16. The maximum Gasteiger partial charge on any atom is 0.407 e. The van der Waals surface area contributed by atoms with Gasteiger partial charge in [0.1, 0.15) is 6.10 Å². The molecule has 2 fully saturated rings. The molecular weight excluding hydrogens is 724 g/mol. The first-order valence-corrected chi connectivity index (χ1v) is 19.8. The summed E-state index contributed by atoms with van der Waals surface area (Å²) >= 11 is 0. The van der Waals surface area contributed by atoms with E-state index in [0.29, 0.717) is 50.3 Å². The molecule has 3 heterocycles. The number of amides is 3. The molecule has 0 radical (unpaired) electrons. The lowest BCUT2D eigenvalue weighted by atomic mass is 9.87. The largest absolute Gasteiger partial charge is 0.454 e. The molecule has 0 unspecified atom stereocenters. The van der Waals surface area contributed by atoms with Gasteiger partial charge < -0.3 is 49.5 Å². The van der Waals surface area contributed by atoms with E-state index < -0.39 is 52.2 Å². The van der Waals surface area contributed by atoms with Crippen LogP contribution >= 0.6 is 0 Å². The Kier molecular flexibility index (Phi) is 14.4. The second kappa shape index (κ2) is 18.9. The van der Waals surface area contributed by atoms with E-state index in [1.54, 1.807) is 6.92 Å². The lowest BCUT2D eigenvalue weighted by Gasteiger charge is -2.35. The number of aliphatic hydroxyl groups excluding tert-OH is 1. The molecule has 2 saturated heterocycles. The van der Waals surface area contributed by atoms with Gasteiger partial charge in [-0.15, -0.1) is 0 Å². The molecule has 2 aromatic carbocycles. The highest BCUT2D eigenvalue weighted by Crippen LogP contribution is 2.36. The summed E-state index contributed by atoms with van der Waals surface area (Å²) in [6.45, 7) is 6.27. The van der Waals surface area contributed by atoms with Crippen molar-refractivity contribution >= 4 is 28.1 Å². The average Bonchev–Trinajstić information content (AvgIpc) is 3.89. The molecule has 0 bridgehead atoms. The van der Waals surface area contributed by atoms with Crippen LogP contribution in [0.25, 0.3) is 0 Å². The number of nitrogens with one attached hydrogen (secondary N) is 3. The third-order valence-electron chi connectivity index (χ3n) is 9.56. The molecule has 298 valence electrons. The molecule has 5 rings (SSSR count). The number of aliphatic hydroxyl groups is 1. The van der Waals surface area contributed by atoms with E-state index in [1.807, 2.05) is 44.2 Å². The van der Waals surface area contributed by atoms with Gasteiger partial charge in [-0.25, -0.2) is 18.0 Å². The van der Waals surface area contributed by atoms with E-state index in [9.17, 15) is 27.9 Å². The summed E-state index contributed by atoms with van der Waals surface area (Å²) in [6, 6.07) is 12.7. The van der Waals surface area contributed by atoms with Crippen molar-refractivity contribution in [3.63, 3.8) is 0 Å². The molecule has 2 aromatic rings.